The van der Waals surface area contributed by atoms with Crippen molar-refractivity contribution in [3.63, 3.8) is 0 Å². The number of rotatable bonds is 5. The van der Waals surface area contributed by atoms with Crippen molar-refractivity contribution in [2.45, 2.75) is 49.5 Å². The molecule has 1 amide bonds. The Kier molecular flexibility index (Phi) is 6.67. The van der Waals surface area contributed by atoms with E-state index in [0.29, 0.717) is 43.7 Å². The van der Waals surface area contributed by atoms with Crippen LogP contribution in [0.25, 0.3) is 0 Å². The number of nitrogens with one attached hydrogen (secondary N) is 1. The fourth-order valence-electron chi connectivity index (χ4n) is 3.77. The van der Waals surface area contributed by atoms with E-state index in [9.17, 15) is 13.2 Å². The van der Waals surface area contributed by atoms with Crippen LogP contribution in [0.1, 0.15) is 38.5 Å². The van der Waals surface area contributed by atoms with E-state index in [4.69, 9.17) is 0 Å². The second-order valence-corrected chi connectivity index (χ2v) is 9.19. The Bertz CT molecular complexity index is 677. The first kappa shape index (κ1) is 19.3. The van der Waals surface area contributed by atoms with Crippen LogP contribution in [0.2, 0.25) is 0 Å². The summed E-state index contributed by atoms with van der Waals surface area (Å²) in [6.45, 7) is 2.38. The first-order chi connectivity index (χ1) is 12.6. The lowest BCUT2D eigenvalue weighted by molar-refractivity contribution is -0.123. The van der Waals surface area contributed by atoms with Gasteiger partial charge in [-0.1, -0.05) is 43.9 Å². The van der Waals surface area contributed by atoms with Gasteiger partial charge >= 0.3 is 0 Å². The highest BCUT2D eigenvalue weighted by Crippen LogP contribution is 2.18. The van der Waals surface area contributed by atoms with Gasteiger partial charge in [0, 0.05) is 32.2 Å². The zero-order chi connectivity index (χ0) is 18.4. The summed E-state index contributed by atoms with van der Waals surface area (Å²) in [5.74, 6) is 0.0660. The second kappa shape index (κ2) is 8.97. The van der Waals surface area contributed by atoms with Crippen LogP contribution >= 0.6 is 0 Å². The van der Waals surface area contributed by atoms with Crippen LogP contribution in [-0.4, -0.2) is 62.3 Å². The molecule has 2 fully saturated rings. The van der Waals surface area contributed by atoms with Gasteiger partial charge in [-0.15, -0.1) is 0 Å². The number of carbonyl (C=O) groups excluding carboxylic acids is 1. The molecule has 26 heavy (non-hydrogen) atoms. The Balaban J connectivity index is 1.47. The van der Waals surface area contributed by atoms with Gasteiger partial charge in [0.25, 0.3) is 0 Å². The molecular weight excluding hydrogens is 350 g/mol. The molecule has 1 heterocycles. The van der Waals surface area contributed by atoms with E-state index >= 15 is 0 Å². The van der Waals surface area contributed by atoms with E-state index in [2.05, 4.69) is 5.32 Å². The van der Waals surface area contributed by atoms with Gasteiger partial charge in [0.05, 0.1) is 11.4 Å². The van der Waals surface area contributed by atoms with E-state index in [0.717, 1.165) is 12.8 Å². The topological polar surface area (TPSA) is 69.7 Å². The molecule has 6 nitrogen and oxygen atoms in total. The number of nitrogens with zero attached hydrogens (tertiary/aromatic N) is 2. The van der Waals surface area contributed by atoms with E-state index < -0.39 is 10.0 Å². The van der Waals surface area contributed by atoms with Gasteiger partial charge in [0.2, 0.25) is 15.9 Å². The molecule has 1 aromatic carbocycles. The van der Waals surface area contributed by atoms with E-state index in [-0.39, 0.29) is 5.91 Å². The molecule has 1 aliphatic carbocycles. The summed E-state index contributed by atoms with van der Waals surface area (Å²) >= 11 is 0. The third kappa shape index (κ3) is 5.05. The molecule has 144 valence electrons. The van der Waals surface area contributed by atoms with Crippen molar-refractivity contribution in [3.8, 4) is 0 Å². The molecule has 1 aliphatic heterocycles. The standard InChI is InChI=1S/C19H29N3O3S/c23-19(20-17-8-4-1-2-5-9-17)16-21-12-14-22(15-13-21)26(24,25)18-10-6-3-7-11-18/h3,6-7,10-11,17H,1-2,4-5,8-9,12-16H2,(H,20,23). The summed E-state index contributed by atoms with van der Waals surface area (Å²) in [6.07, 6.45) is 7.08. The zero-order valence-electron chi connectivity index (χ0n) is 15.3. The Morgan fingerprint density at radius 2 is 1.58 bits per heavy atom. The normalized spacial score (nSPS) is 21.2. The van der Waals surface area contributed by atoms with Crippen LogP contribution in [0.4, 0.5) is 0 Å². The number of benzene rings is 1. The molecule has 0 bridgehead atoms. The van der Waals surface area contributed by atoms with Crippen molar-refractivity contribution in [3.05, 3.63) is 30.3 Å². The van der Waals surface area contributed by atoms with Crippen LogP contribution in [0.15, 0.2) is 35.2 Å². The fraction of sp³-hybridized carbons (Fsp3) is 0.632. The van der Waals surface area contributed by atoms with Crippen molar-refractivity contribution >= 4 is 15.9 Å². The summed E-state index contributed by atoms with van der Waals surface area (Å²) < 4.78 is 26.8. The molecule has 1 N–H and O–H groups in total. The van der Waals surface area contributed by atoms with Gasteiger partial charge in [-0.3, -0.25) is 9.69 Å². The van der Waals surface area contributed by atoms with Gasteiger partial charge in [0.1, 0.15) is 0 Å². The highest BCUT2D eigenvalue weighted by molar-refractivity contribution is 7.89. The Morgan fingerprint density at radius 1 is 0.962 bits per heavy atom. The summed E-state index contributed by atoms with van der Waals surface area (Å²) in [6, 6.07) is 8.85. The molecule has 0 spiro atoms. The van der Waals surface area contributed by atoms with Crippen molar-refractivity contribution in [2.24, 2.45) is 0 Å². The van der Waals surface area contributed by atoms with Crippen LogP contribution < -0.4 is 5.32 Å². The largest absolute Gasteiger partial charge is 0.352 e. The summed E-state index contributed by atoms with van der Waals surface area (Å²) in [7, 11) is -3.43. The highest BCUT2D eigenvalue weighted by Gasteiger charge is 2.29. The minimum absolute atomic E-state index is 0.0660. The molecule has 0 radical (unpaired) electrons. The number of sulfonamides is 1. The summed E-state index contributed by atoms with van der Waals surface area (Å²) in [5, 5.41) is 3.16. The van der Waals surface area contributed by atoms with Gasteiger partial charge in [0.15, 0.2) is 0 Å². The molecule has 1 aromatic rings. The number of amides is 1. The lowest BCUT2D eigenvalue weighted by Crippen LogP contribution is -2.51. The van der Waals surface area contributed by atoms with Crippen LogP contribution in [0.3, 0.4) is 0 Å². The third-order valence-electron chi connectivity index (χ3n) is 5.30. The monoisotopic (exact) mass is 379 g/mol. The van der Waals surface area contributed by atoms with Crippen molar-refractivity contribution < 1.29 is 13.2 Å². The van der Waals surface area contributed by atoms with Crippen molar-refractivity contribution in [2.75, 3.05) is 32.7 Å². The van der Waals surface area contributed by atoms with E-state index in [1.807, 2.05) is 11.0 Å². The minimum Gasteiger partial charge on any atom is -0.352 e. The van der Waals surface area contributed by atoms with E-state index in [1.165, 1.54) is 30.0 Å². The predicted molar refractivity (Wildman–Crippen MR) is 101 cm³/mol. The lowest BCUT2D eigenvalue weighted by atomic mass is 10.1. The number of piperazine rings is 1. The number of hydrogen-bond acceptors (Lipinski definition) is 4. The highest BCUT2D eigenvalue weighted by atomic mass is 32.2. The zero-order valence-corrected chi connectivity index (χ0v) is 16.1. The number of carbonyl (C=O) groups is 1. The third-order valence-corrected chi connectivity index (χ3v) is 7.21. The molecule has 2 aliphatic rings. The summed E-state index contributed by atoms with van der Waals surface area (Å²) in [4.78, 5) is 14.7. The van der Waals surface area contributed by atoms with E-state index in [1.54, 1.807) is 24.3 Å². The molecule has 0 aromatic heterocycles. The molecule has 7 heteroatoms. The molecular formula is C19H29N3O3S. The SMILES string of the molecule is O=C(CN1CCN(S(=O)(=O)c2ccccc2)CC1)NC1CCCCCC1. The molecule has 0 unspecified atom stereocenters. The average Bonchev–Trinajstić information content (AvgIpc) is 2.91. The Labute approximate surface area is 156 Å². The first-order valence-corrected chi connectivity index (χ1v) is 11.1. The molecule has 1 saturated carbocycles. The molecule has 0 atom stereocenters. The maximum atomic E-state index is 12.6. The van der Waals surface area contributed by atoms with Gasteiger partial charge in [-0.05, 0) is 25.0 Å². The smallest absolute Gasteiger partial charge is 0.243 e. The first-order valence-electron chi connectivity index (χ1n) is 9.62. The molecule has 3 rings (SSSR count). The lowest BCUT2D eigenvalue weighted by Gasteiger charge is -2.33. The van der Waals surface area contributed by atoms with Crippen LogP contribution in [0.5, 0.6) is 0 Å². The summed E-state index contributed by atoms with van der Waals surface area (Å²) in [5.41, 5.74) is 0. The Hall–Kier alpha value is -1.44. The quantitative estimate of drug-likeness (QED) is 0.793. The number of hydrogen-bond donors (Lipinski definition) is 1. The van der Waals surface area contributed by atoms with Gasteiger partial charge < -0.3 is 5.32 Å². The second-order valence-electron chi connectivity index (χ2n) is 7.25. The average molecular weight is 380 g/mol. The van der Waals surface area contributed by atoms with Crippen LogP contribution in [0, 0.1) is 0 Å². The van der Waals surface area contributed by atoms with Crippen LogP contribution in [-0.2, 0) is 14.8 Å². The van der Waals surface area contributed by atoms with Crippen molar-refractivity contribution in [1.29, 1.82) is 0 Å². The maximum Gasteiger partial charge on any atom is 0.243 e. The predicted octanol–water partition coefficient (Wildman–Crippen LogP) is 1.83. The molecule has 1 saturated heterocycles. The fourth-order valence-corrected chi connectivity index (χ4v) is 5.21. The Morgan fingerprint density at radius 3 is 2.19 bits per heavy atom. The maximum absolute atomic E-state index is 12.6. The van der Waals surface area contributed by atoms with Gasteiger partial charge in [-0.2, -0.15) is 4.31 Å². The van der Waals surface area contributed by atoms with Gasteiger partial charge in [-0.25, -0.2) is 8.42 Å². The van der Waals surface area contributed by atoms with Crippen molar-refractivity contribution in [1.82, 2.24) is 14.5 Å². The minimum atomic E-state index is -3.43.